The predicted molar refractivity (Wildman–Crippen MR) is 68.6 cm³/mol. The third-order valence-corrected chi connectivity index (χ3v) is 2.56. The number of aliphatic hydroxyl groups excluding tert-OH is 1. The molecule has 0 aliphatic heterocycles. The van der Waals surface area contributed by atoms with Crippen molar-refractivity contribution < 1.29 is 14.6 Å². The van der Waals surface area contributed by atoms with Crippen LogP contribution in [0, 0.1) is 5.41 Å². The fourth-order valence-electron chi connectivity index (χ4n) is 1.72. The quantitative estimate of drug-likeness (QED) is 0.875. The molecular formula is C14H22O3. The van der Waals surface area contributed by atoms with Crippen molar-refractivity contribution in [3.63, 3.8) is 0 Å². The van der Waals surface area contributed by atoms with Crippen LogP contribution in [-0.2, 0) is 0 Å². The zero-order chi connectivity index (χ0) is 13.1. The number of hydrogen-bond acceptors (Lipinski definition) is 3. The lowest BCUT2D eigenvalue weighted by Gasteiger charge is -2.23. The van der Waals surface area contributed by atoms with Crippen molar-refractivity contribution in [2.45, 2.75) is 33.3 Å². The molecule has 1 aromatic rings. The van der Waals surface area contributed by atoms with Crippen molar-refractivity contribution in [1.29, 1.82) is 0 Å². The van der Waals surface area contributed by atoms with Gasteiger partial charge in [0.1, 0.15) is 11.5 Å². The van der Waals surface area contributed by atoms with Crippen LogP contribution >= 0.6 is 0 Å². The SMILES string of the molecule is COc1cc(OC)cc(C(O)CC(C)(C)C)c1. The minimum atomic E-state index is -0.501. The Bertz CT molecular complexity index is 344. The number of methoxy groups -OCH3 is 2. The molecule has 1 atom stereocenters. The Morgan fingerprint density at radius 1 is 1.06 bits per heavy atom. The van der Waals surface area contributed by atoms with Crippen molar-refractivity contribution >= 4 is 0 Å². The van der Waals surface area contributed by atoms with E-state index in [4.69, 9.17) is 9.47 Å². The molecule has 0 aromatic heterocycles. The molecule has 17 heavy (non-hydrogen) atoms. The van der Waals surface area contributed by atoms with Crippen molar-refractivity contribution in [1.82, 2.24) is 0 Å². The summed E-state index contributed by atoms with van der Waals surface area (Å²) in [7, 11) is 3.21. The summed E-state index contributed by atoms with van der Waals surface area (Å²) >= 11 is 0. The van der Waals surface area contributed by atoms with Gasteiger partial charge >= 0.3 is 0 Å². The van der Waals surface area contributed by atoms with E-state index in [1.807, 2.05) is 12.1 Å². The van der Waals surface area contributed by atoms with E-state index in [-0.39, 0.29) is 5.41 Å². The van der Waals surface area contributed by atoms with Gasteiger partial charge in [0.05, 0.1) is 20.3 Å². The van der Waals surface area contributed by atoms with Crippen LogP contribution in [0.25, 0.3) is 0 Å². The van der Waals surface area contributed by atoms with E-state index in [0.29, 0.717) is 17.9 Å². The molecule has 0 aliphatic carbocycles. The molecule has 1 aromatic carbocycles. The van der Waals surface area contributed by atoms with E-state index in [9.17, 15) is 5.11 Å². The normalized spacial score (nSPS) is 13.3. The second-order valence-corrected chi connectivity index (χ2v) is 5.43. The Balaban J connectivity index is 2.96. The largest absolute Gasteiger partial charge is 0.497 e. The Morgan fingerprint density at radius 2 is 1.53 bits per heavy atom. The van der Waals surface area contributed by atoms with Gasteiger partial charge in [-0.2, -0.15) is 0 Å². The molecule has 0 saturated carbocycles. The molecule has 0 aliphatic rings. The van der Waals surface area contributed by atoms with Gasteiger partial charge < -0.3 is 14.6 Å². The van der Waals surface area contributed by atoms with E-state index in [1.54, 1.807) is 20.3 Å². The van der Waals surface area contributed by atoms with Gasteiger partial charge in [-0.05, 0) is 29.5 Å². The fourth-order valence-corrected chi connectivity index (χ4v) is 1.72. The first kappa shape index (κ1) is 13.8. The van der Waals surface area contributed by atoms with Gasteiger partial charge in [-0.3, -0.25) is 0 Å². The topological polar surface area (TPSA) is 38.7 Å². The Labute approximate surface area is 103 Å². The van der Waals surface area contributed by atoms with Crippen molar-refractivity contribution in [3.05, 3.63) is 23.8 Å². The Kier molecular flexibility index (Phi) is 4.40. The minimum absolute atomic E-state index is 0.0791. The lowest BCUT2D eigenvalue weighted by atomic mass is 9.87. The van der Waals surface area contributed by atoms with Crippen LogP contribution in [0.1, 0.15) is 38.9 Å². The summed E-state index contributed by atoms with van der Waals surface area (Å²) in [5, 5.41) is 10.2. The maximum Gasteiger partial charge on any atom is 0.122 e. The van der Waals surface area contributed by atoms with Gasteiger partial charge in [-0.1, -0.05) is 20.8 Å². The average molecular weight is 238 g/mol. The third kappa shape index (κ3) is 4.27. The fraction of sp³-hybridized carbons (Fsp3) is 0.571. The lowest BCUT2D eigenvalue weighted by Crippen LogP contribution is -2.11. The summed E-state index contributed by atoms with van der Waals surface area (Å²) < 4.78 is 10.4. The standard InChI is InChI=1S/C14H22O3/c1-14(2,3)9-13(15)10-6-11(16-4)8-12(7-10)17-5/h6-8,13,15H,9H2,1-5H3. The molecular weight excluding hydrogens is 216 g/mol. The molecule has 0 saturated heterocycles. The summed E-state index contributed by atoms with van der Waals surface area (Å²) in [5.41, 5.74) is 0.909. The Morgan fingerprint density at radius 3 is 1.88 bits per heavy atom. The number of ether oxygens (including phenoxy) is 2. The van der Waals surface area contributed by atoms with Crippen molar-refractivity contribution in [3.8, 4) is 11.5 Å². The molecule has 1 N–H and O–H groups in total. The average Bonchev–Trinajstić information content (AvgIpc) is 2.26. The summed E-state index contributed by atoms with van der Waals surface area (Å²) in [5.74, 6) is 1.40. The highest BCUT2D eigenvalue weighted by Crippen LogP contribution is 2.33. The molecule has 3 nitrogen and oxygen atoms in total. The van der Waals surface area contributed by atoms with E-state index in [0.717, 1.165) is 5.56 Å². The maximum absolute atomic E-state index is 10.2. The number of rotatable bonds is 4. The summed E-state index contributed by atoms with van der Waals surface area (Å²) in [6.07, 6.45) is 0.197. The molecule has 0 radical (unpaired) electrons. The van der Waals surface area contributed by atoms with Gasteiger partial charge in [-0.25, -0.2) is 0 Å². The van der Waals surface area contributed by atoms with Crippen LogP contribution in [0.4, 0.5) is 0 Å². The highest BCUT2D eigenvalue weighted by Gasteiger charge is 2.19. The van der Waals surface area contributed by atoms with E-state index in [1.165, 1.54) is 0 Å². The maximum atomic E-state index is 10.2. The monoisotopic (exact) mass is 238 g/mol. The van der Waals surface area contributed by atoms with Crippen LogP contribution in [-0.4, -0.2) is 19.3 Å². The molecule has 96 valence electrons. The number of benzene rings is 1. The first-order valence-electron chi connectivity index (χ1n) is 5.77. The highest BCUT2D eigenvalue weighted by molar-refractivity contribution is 5.39. The van der Waals surface area contributed by atoms with E-state index >= 15 is 0 Å². The van der Waals surface area contributed by atoms with Gasteiger partial charge in [0.2, 0.25) is 0 Å². The molecule has 1 rings (SSSR count). The Hall–Kier alpha value is -1.22. The number of aliphatic hydroxyl groups is 1. The molecule has 0 fully saturated rings. The highest BCUT2D eigenvalue weighted by atomic mass is 16.5. The van der Waals surface area contributed by atoms with Crippen molar-refractivity contribution in [2.75, 3.05) is 14.2 Å². The molecule has 0 bridgehead atoms. The van der Waals surface area contributed by atoms with Gasteiger partial charge in [-0.15, -0.1) is 0 Å². The van der Waals surface area contributed by atoms with Crippen LogP contribution in [0.2, 0.25) is 0 Å². The van der Waals surface area contributed by atoms with Gasteiger partial charge in [0.15, 0.2) is 0 Å². The second kappa shape index (κ2) is 5.41. The summed E-state index contributed by atoms with van der Waals surface area (Å²) in [6, 6.07) is 5.49. The molecule has 0 spiro atoms. The minimum Gasteiger partial charge on any atom is -0.497 e. The lowest BCUT2D eigenvalue weighted by molar-refractivity contribution is 0.122. The summed E-state index contributed by atoms with van der Waals surface area (Å²) in [4.78, 5) is 0. The van der Waals surface area contributed by atoms with E-state index < -0.39 is 6.10 Å². The molecule has 0 heterocycles. The van der Waals surface area contributed by atoms with Crippen LogP contribution in [0.15, 0.2) is 18.2 Å². The van der Waals surface area contributed by atoms with Gasteiger partial charge in [0, 0.05) is 6.07 Å². The third-order valence-electron chi connectivity index (χ3n) is 2.56. The van der Waals surface area contributed by atoms with Crippen LogP contribution < -0.4 is 9.47 Å². The smallest absolute Gasteiger partial charge is 0.122 e. The first-order chi connectivity index (χ1) is 7.85. The first-order valence-corrected chi connectivity index (χ1v) is 5.77. The zero-order valence-corrected chi connectivity index (χ0v) is 11.3. The second-order valence-electron chi connectivity index (χ2n) is 5.43. The molecule has 3 heteroatoms. The molecule has 1 unspecified atom stereocenters. The zero-order valence-electron chi connectivity index (χ0n) is 11.3. The van der Waals surface area contributed by atoms with Crippen molar-refractivity contribution in [2.24, 2.45) is 5.41 Å². The van der Waals surface area contributed by atoms with Gasteiger partial charge in [0.25, 0.3) is 0 Å². The van der Waals surface area contributed by atoms with Crippen LogP contribution in [0.3, 0.4) is 0 Å². The van der Waals surface area contributed by atoms with Crippen LogP contribution in [0.5, 0.6) is 11.5 Å². The summed E-state index contributed by atoms with van der Waals surface area (Å²) in [6.45, 7) is 6.31. The van der Waals surface area contributed by atoms with E-state index in [2.05, 4.69) is 20.8 Å². The predicted octanol–water partition coefficient (Wildman–Crippen LogP) is 3.17. The molecule has 0 amide bonds. The number of hydrogen-bond donors (Lipinski definition) is 1.